The van der Waals surface area contributed by atoms with E-state index in [-0.39, 0.29) is 18.4 Å². The van der Waals surface area contributed by atoms with Gasteiger partial charge in [-0.05, 0) is 41.5 Å². The molecule has 1 atom stereocenters. The van der Waals surface area contributed by atoms with Crippen LogP contribution in [0.4, 0.5) is 4.79 Å². The number of fused-ring (bicyclic) bond motifs is 3. The topological polar surface area (TPSA) is 66.8 Å². The Balaban J connectivity index is 1.77. The van der Waals surface area contributed by atoms with Crippen LogP contribution in [0.3, 0.4) is 0 Å². The molecule has 2 aromatic rings. The lowest BCUT2D eigenvalue weighted by molar-refractivity contribution is -0.143. The molecule has 0 bridgehead atoms. The standard InChI is InChI=1S/C23H27NO4/c1-4-24(21(22(25)26)13-15(2)3)23(27)28-14-20-18-11-7-5-9-16(18)17-10-6-8-12-19(17)20/h5-12,15,20-21H,4,13-14H2,1-3H3,(H,25,26)/t21-/m1/s1. The molecular weight excluding hydrogens is 354 g/mol. The first-order valence-electron chi connectivity index (χ1n) is 9.78. The summed E-state index contributed by atoms with van der Waals surface area (Å²) in [5, 5.41) is 9.56. The molecule has 3 rings (SSSR count). The summed E-state index contributed by atoms with van der Waals surface area (Å²) in [4.78, 5) is 25.7. The molecule has 2 aromatic carbocycles. The molecule has 5 nitrogen and oxygen atoms in total. The minimum atomic E-state index is -0.996. The molecule has 0 unspecified atom stereocenters. The number of hydrogen-bond donors (Lipinski definition) is 1. The molecule has 5 heteroatoms. The van der Waals surface area contributed by atoms with E-state index in [1.54, 1.807) is 6.92 Å². The van der Waals surface area contributed by atoms with Crippen molar-refractivity contribution in [3.63, 3.8) is 0 Å². The van der Waals surface area contributed by atoms with Gasteiger partial charge in [0.25, 0.3) is 0 Å². The van der Waals surface area contributed by atoms with E-state index in [1.807, 2.05) is 38.1 Å². The lowest BCUT2D eigenvalue weighted by Gasteiger charge is -2.28. The fourth-order valence-corrected chi connectivity index (χ4v) is 3.96. The second-order valence-electron chi connectivity index (χ2n) is 7.57. The van der Waals surface area contributed by atoms with Gasteiger partial charge in [-0.25, -0.2) is 9.59 Å². The first-order valence-corrected chi connectivity index (χ1v) is 9.78. The van der Waals surface area contributed by atoms with E-state index in [4.69, 9.17) is 4.74 Å². The number of carboxylic acid groups (broad SMARTS) is 1. The van der Waals surface area contributed by atoms with Crippen LogP contribution in [0.25, 0.3) is 11.1 Å². The van der Waals surface area contributed by atoms with E-state index in [0.717, 1.165) is 22.3 Å². The summed E-state index contributed by atoms with van der Waals surface area (Å²) in [6.45, 7) is 6.15. The molecule has 0 aliphatic heterocycles. The van der Waals surface area contributed by atoms with Crippen molar-refractivity contribution < 1.29 is 19.4 Å². The van der Waals surface area contributed by atoms with Gasteiger partial charge in [-0.1, -0.05) is 62.4 Å². The van der Waals surface area contributed by atoms with Crippen LogP contribution in [-0.2, 0) is 9.53 Å². The number of hydrogen-bond acceptors (Lipinski definition) is 3. The highest BCUT2D eigenvalue weighted by atomic mass is 16.6. The van der Waals surface area contributed by atoms with Gasteiger partial charge in [0.15, 0.2) is 0 Å². The van der Waals surface area contributed by atoms with Crippen LogP contribution in [0.1, 0.15) is 44.2 Å². The summed E-state index contributed by atoms with van der Waals surface area (Å²) < 4.78 is 5.63. The average molecular weight is 381 g/mol. The number of nitrogens with zero attached hydrogens (tertiary/aromatic N) is 1. The number of likely N-dealkylation sites (N-methyl/N-ethyl adjacent to an activating group) is 1. The largest absolute Gasteiger partial charge is 0.480 e. The maximum atomic E-state index is 12.7. The van der Waals surface area contributed by atoms with Crippen LogP contribution in [0.15, 0.2) is 48.5 Å². The van der Waals surface area contributed by atoms with Crippen LogP contribution in [0.5, 0.6) is 0 Å². The Bertz CT molecular complexity index is 816. The van der Waals surface area contributed by atoms with Crippen molar-refractivity contribution in [2.75, 3.05) is 13.2 Å². The van der Waals surface area contributed by atoms with Crippen LogP contribution in [0, 0.1) is 5.92 Å². The molecule has 0 saturated carbocycles. The van der Waals surface area contributed by atoms with Gasteiger partial charge < -0.3 is 9.84 Å². The molecule has 148 valence electrons. The van der Waals surface area contributed by atoms with E-state index in [9.17, 15) is 14.7 Å². The molecule has 0 radical (unpaired) electrons. The molecule has 28 heavy (non-hydrogen) atoms. The number of carboxylic acids is 1. The zero-order valence-electron chi connectivity index (χ0n) is 16.6. The third-order valence-electron chi connectivity index (χ3n) is 5.27. The molecule has 0 aromatic heterocycles. The number of ether oxygens (including phenoxy) is 1. The molecular formula is C23H27NO4. The van der Waals surface area contributed by atoms with Crippen molar-refractivity contribution >= 4 is 12.1 Å². The molecule has 0 saturated heterocycles. The second-order valence-corrected chi connectivity index (χ2v) is 7.57. The van der Waals surface area contributed by atoms with E-state index >= 15 is 0 Å². The number of aliphatic carboxylic acids is 1. The zero-order chi connectivity index (χ0) is 20.3. The van der Waals surface area contributed by atoms with Crippen molar-refractivity contribution in [3.05, 3.63) is 59.7 Å². The van der Waals surface area contributed by atoms with E-state index in [1.165, 1.54) is 4.90 Å². The van der Waals surface area contributed by atoms with Gasteiger partial charge in [0.05, 0.1) is 0 Å². The van der Waals surface area contributed by atoms with Crippen LogP contribution in [0.2, 0.25) is 0 Å². The summed E-state index contributed by atoms with van der Waals surface area (Å²) in [6, 6.07) is 15.4. The van der Waals surface area contributed by atoms with Gasteiger partial charge in [-0.3, -0.25) is 4.90 Å². The van der Waals surface area contributed by atoms with Crippen LogP contribution < -0.4 is 0 Å². The average Bonchev–Trinajstić information content (AvgIpc) is 2.99. The Morgan fingerprint density at radius 3 is 2.04 bits per heavy atom. The summed E-state index contributed by atoms with van der Waals surface area (Å²) in [5.41, 5.74) is 4.59. The molecule has 1 N–H and O–H groups in total. The van der Waals surface area contributed by atoms with Crippen molar-refractivity contribution in [1.29, 1.82) is 0 Å². The summed E-state index contributed by atoms with van der Waals surface area (Å²) >= 11 is 0. The first kappa shape index (κ1) is 19.9. The van der Waals surface area contributed by atoms with Gasteiger partial charge in [0.1, 0.15) is 12.6 Å². The number of rotatable bonds is 7. The minimum Gasteiger partial charge on any atom is -0.480 e. The lowest BCUT2D eigenvalue weighted by atomic mass is 9.98. The third kappa shape index (κ3) is 3.88. The fourth-order valence-electron chi connectivity index (χ4n) is 3.96. The fraction of sp³-hybridized carbons (Fsp3) is 0.391. The highest BCUT2D eigenvalue weighted by molar-refractivity contribution is 5.81. The monoisotopic (exact) mass is 381 g/mol. The molecule has 0 heterocycles. The van der Waals surface area contributed by atoms with E-state index in [0.29, 0.717) is 13.0 Å². The quantitative estimate of drug-likeness (QED) is 0.751. The molecule has 1 aliphatic carbocycles. The normalized spacial score (nSPS) is 13.7. The Hall–Kier alpha value is -2.82. The number of benzene rings is 2. The van der Waals surface area contributed by atoms with Gasteiger partial charge in [-0.15, -0.1) is 0 Å². The second kappa shape index (κ2) is 8.46. The smallest absolute Gasteiger partial charge is 0.410 e. The van der Waals surface area contributed by atoms with Gasteiger partial charge >= 0.3 is 12.1 Å². The zero-order valence-corrected chi connectivity index (χ0v) is 16.6. The Labute approximate surface area is 165 Å². The van der Waals surface area contributed by atoms with Crippen molar-refractivity contribution in [3.8, 4) is 11.1 Å². The Kier molecular flexibility index (Phi) is 6.02. The number of amides is 1. The predicted octanol–water partition coefficient (Wildman–Crippen LogP) is 4.76. The summed E-state index contributed by atoms with van der Waals surface area (Å²) in [5.74, 6) is -0.871. The molecule has 0 fully saturated rings. The van der Waals surface area contributed by atoms with E-state index in [2.05, 4.69) is 24.3 Å². The summed E-state index contributed by atoms with van der Waals surface area (Å²) in [7, 11) is 0. The van der Waals surface area contributed by atoms with Crippen molar-refractivity contribution in [1.82, 2.24) is 4.90 Å². The van der Waals surface area contributed by atoms with Gasteiger partial charge in [0.2, 0.25) is 0 Å². The van der Waals surface area contributed by atoms with Crippen LogP contribution >= 0.6 is 0 Å². The lowest BCUT2D eigenvalue weighted by Crippen LogP contribution is -2.46. The van der Waals surface area contributed by atoms with Gasteiger partial charge in [0, 0.05) is 12.5 Å². The number of carbonyl (C=O) groups excluding carboxylic acids is 1. The molecule has 1 aliphatic rings. The van der Waals surface area contributed by atoms with Crippen molar-refractivity contribution in [2.45, 2.75) is 39.2 Å². The Morgan fingerprint density at radius 1 is 1.04 bits per heavy atom. The minimum absolute atomic E-state index is 0.0385. The molecule has 1 amide bonds. The maximum absolute atomic E-state index is 12.7. The highest BCUT2D eigenvalue weighted by Crippen LogP contribution is 2.44. The predicted molar refractivity (Wildman–Crippen MR) is 108 cm³/mol. The third-order valence-corrected chi connectivity index (χ3v) is 5.27. The highest BCUT2D eigenvalue weighted by Gasteiger charge is 2.33. The summed E-state index contributed by atoms with van der Waals surface area (Å²) in [6.07, 6.45) is -0.176. The first-order chi connectivity index (χ1) is 13.4. The van der Waals surface area contributed by atoms with Gasteiger partial charge in [-0.2, -0.15) is 0 Å². The maximum Gasteiger partial charge on any atom is 0.410 e. The SMILES string of the molecule is CCN(C(=O)OCC1c2ccccc2-c2ccccc21)[C@H](CC(C)C)C(=O)O. The van der Waals surface area contributed by atoms with Crippen LogP contribution in [-0.4, -0.2) is 41.3 Å². The van der Waals surface area contributed by atoms with E-state index < -0.39 is 18.1 Å². The Morgan fingerprint density at radius 2 is 1.57 bits per heavy atom. The molecule has 0 spiro atoms. The number of carbonyl (C=O) groups is 2. The van der Waals surface area contributed by atoms with Crippen molar-refractivity contribution in [2.24, 2.45) is 5.92 Å².